The molecule has 2 saturated carbocycles. The summed E-state index contributed by atoms with van der Waals surface area (Å²) in [5.41, 5.74) is -4.64. The zero-order valence-electron chi connectivity index (χ0n) is 23.4. The molecule has 0 amide bonds. The molecule has 2 heterocycles. The van der Waals surface area contributed by atoms with Crippen LogP contribution in [-0.4, -0.2) is 92.9 Å². The minimum Gasteiger partial charge on any atom is -0.455 e. The molecule has 11 unspecified atom stereocenters. The second-order valence-corrected chi connectivity index (χ2v) is 13.0. The number of carbonyl (C=O) groups is 2. The number of rotatable bonds is 3. The molecule has 10 nitrogen and oxygen atoms in total. The Balaban J connectivity index is 1.62. The first-order valence-electron chi connectivity index (χ1n) is 13.9. The van der Waals surface area contributed by atoms with Crippen LogP contribution in [0.25, 0.3) is 0 Å². The van der Waals surface area contributed by atoms with Crippen LogP contribution in [0.15, 0.2) is 41.5 Å². The van der Waals surface area contributed by atoms with Crippen molar-refractivity contribution in [1.82, 2.24) is 0 Å². The van der Waals surface area contributed by atoms with Gasteiger partial charge in [-0.25, -0.2) is 4.79 Å². The highest BCUT2D eigenvalue weighted by Gasteiger charge is 2.79. The number of aliphatic hydroxyl groups excluding tert-OH is 3. The summed E-state index contributed by atoms with van der Waals surface area (Å²) in [6.07, 6.45) is -7.12. The van der Waals surface area contributed by atoms with Crippen molar-refractivity contribution in [2.24, 2.45) is 16.7 Å². The quantitative estimate of drug-likeness (QED) is 0.242. The van der Waals surface area contributed by atoms with Gasteiger partial charge in [-0.3, -0.25) is 4.79 Å². The van der Waals surface area contributed by atoms with Crippen molar-refractivity contribution in [3.63, 3.8) is 0 Å². The van der Waals surface area contributed by atoms with Gasteiger partial charge < -0.3 is 39.4 Å². The fourth-order valence-electron chi connectivity index (χ4n) is 8.40. The normalized spacial score (nSPS) is 46.7. The van der Waals surface area contributed by atoms with E-state index in [0.29, 0.717) is 11.1 Å². The minimum absolute atomic E-state index is 0.0374. The molecule has 3 aliphatic carbocycles. The maximum atomic E-state index is 13.7. The summed E-state index contributed by atoms with van der Waals surface area (Å²) < 4.78 is 24.3. The molecule has 0 aromatic heterocycles. The number of fused-ring (bicyclic) bond motifs is 7. The Morgan fingerprint density at radius 3 is 2.35 bits per heavy atom. The van der Waals surface area contributed by atoms with E-state index >= 15 is 0 Å². The first-order chi connectivity index (χ1) is 18.7. The van der Waals surface area contributed by atoms with Gasteiger partial charge in [0.15, 0.2) is 5.60 Å². The van der Waals surface area contributed by atoms with Gasteiger partial charge in [0.1, 0.15) is 30.0 Å². The lowest BCUT2D eigenvalue weighted by Gasteiger charge is -2.65. The molecular weight excluding hydrogens is 520 g/mol. The largest absolute Gasteiger partial charge is 0.455 e. The van der Waals surface area contributed by atoms with Gasteiger partial charge in [0.05, 0.1) is 36.4 Å². The molecule has 0 radical (unpaired) electrons. The van der Waals surface area contributed by atoms with Gasteiger partial charge in [-0.15, -0.1) is 0 Å². The van der Waals surface area contributed by atoms with Crippen LogP contribution in [0.3, 0.4) is 0 Å². The summed E-state index contributed by atoms with van der Waals surface area (Å²) in [5.74, 6) is -2.32. The van der Waals surface area contributed by atoms with E-state index < -0.39 is 82.6 Å². The van der Waals surface area contributed by atoms with Crippen molar-refractivity contribution >= 4 is 11.9 Å². The zero-order chi connectivity index (χ0) is 29.0. The highest BCUT2D eigenvalue weighted by atomic mass is 16.6. The Bertz CT molecular complexity index is 1260. The number of carbonyl (C=O) groups excluding carboxylic acids is 2. The highest BCUT2D eigenvalue weighted by molar-refractivity contribution is 5.89. The lowest BCUT2D eigenvalue weighted by Crippen LogP contribution is -2.79. The van der Waals surface area contributed by atoms with Gasteiger partial charge in [-0.2, -0.15) is 0 Å². The van der Waals surface area contributed by atoms with Crippen molar-refractivity contribution < 1.29 is 49.0 Å². The molecule has 4 N–H and O–H groups in total. The van der Waals surface area contributed by atoms with Gasteiger partial charge >= 0.3 is 11.9 Å². The van der Waals surface area contributed by atoms with Crippen LogP contribution < -0.4 is 0 Å². The number of esters is 2. The maximum absolute atomic E-state index is 13.7. The highest BCUT2D eigenvalue weighted by Crippen LogP contribution is 2.66. The SMILES string of the molecule is CC(=O)OC12COC1CC(O)C1(C)C3OC3C(O)C3=C(C)C(O)CC(O)(C(OC(=O)c4ccccc4)C21)C3(C)C. The van der Waals surface area contributed by atoms with Crippen LogP contribution in [0, 0.1) is 16.7 Å². The smallest absolute Gasteiger partial charge is 0.338 e. The van der Waals surface area contributed by atoms with E-state index in [9.17, 15) is 30.0 Å². The second kappa shape index (κ2) is 8.83. The number of hydrogen-bond donors (Lipinski definition) is 4. The average molecular weight is 559 g/mol. The third-order valence-electron chi connectivity index (χ3n) is 10.7. The predicted molar refractivity (Wildman–Crippen MR) is 139 cm³/mol. The number of aliphatic hydroxyl groups is 4. The van der Waals surface area contributed by atoms with Gasteiger partial charge in [0.2, 0.25) is 0 Å². The van der Waals surface area contributed by atoms with Crippen molar-refractivity contribution in [2.75, 3.05) is 6.61 Å². The summed E-state index contributed by atoms with van der Waals surface area (Å²) in [4.78, 5) is 26.3. The molecule has 11 atom stereocenters. The number of epoxide rings is 1. The molecule has 4 fully saturated rings. The molecule has 1 aromatic rings. The standard InChI is InChI=1S/C30H38O10/c1-14-17(32)12-30(36)25(39-26(35)16-9-7-6-8-10-16)23-28(5,24-22(38-24)21(34)20(14)27(30,3)4)18(33)11-19-29(23,13-37-19)40-15(2)31/h6-10,17-19,21-25,32-34,36H,11-13H2,1-5H3. The summed E-state index contributed by atoms with van der Waals surface area (Å²) in [7, 11) is 0. The number of hydrogen-bond acceptors (Lipinski definition) is 10. The molecule has 0 spiro atoms. The molecule has 218 valence electrons. The molecule has 2 aliphatic heterocycles. The van der Waals surface area contributed by atoms with Crippen molar-refractivity contribution in [1.29, 1.82) is 0 Å². The summed E-state index contributed by atoms with van der Waals surface area (Å²) >= 11 is 0. The first-order valence-corrected chi connectivity index (χ1v) is 13.9. The van der Waals surface area contributed by atoms with Crippen molar-refractivity contribution in [2.45, 2.75) is 101 Å². The molecule has 5 aliphatic rings. The topological polar surface area (TPSA) is 155 Å². The van der Waals surface area contributed by atoms with E-state index in [2.05, 4.69) is 0 Å². The van der Waals surface area contributed by atoms with Crippen LogP contribution >= 0.6 is 0 Å². The van der Waals surface area contributed by atoms with E-state index in [4.69, 9.17) is 18.9 Å². The Labute approximate surface area is 232 Å². The first kappa shape index (κ1) is 27.8. The molecule has 1 aromatic carbocycles. The van der Waals surface area contributed by atoms with E-state index in [1.54, 1.807) is 58.0 Å². The third-order valence-corrected chi connectivity index (χ3v) is 10.7. The molecule has 6 rings (SSSR count). The summed E-state index contributed by atoms with van der Waals surface area (Å²) in [5, 5.41) is 47.5. The van der Waals surface area contributed by atoms with Gasteiger partial charge in [0, 0.05) is 30.6 Å². The molecular formula is C30H38O10. The zero-order valence-corrected chi connectivity index (χ0v) is 23.4. The van der Waals surface area contributed by atoms with Gasteiger partial charge in [0.25, 0.3) is 0 Å². The van der Waals surface area contributed by atoms with Crippen LogP contribution in [0.4, 0.5) is 0 Å². The monoisotopic (exact) mass is 558 g/mol. The number of benzene rings is 1. The van der Waals surface area contributed by atoms with Gasteiger partial charge in [-0.05, 0) is 30.2 Å². The lowest BCUT2D eigenvalue weighted by atomic mass is 9.48. The Hall–Kier alpha value is -2.34. The number of ether oxygens (including phenoxy) is 4. The summed E-state index contributed by atoms with van der Waals surface area (Å²) in [6.45, 7) is 8.22. The predicted octanol–water partition coefficient (Wildman–Crippen LogP) is 1.28. The Morgan fingerprint density at radius 2 is 1.75 bits per heavy atom. The van der Waals surface area contributed by atoms with E-state index in [0.717, 1.165) is 0 Å². The fraction of sp³-hybridized carbons (Fsp3) is 0.667. The van der Waals surface area contributed by atoms with E-state index in [-0.39, 0.29) is 25.0 Å². The van der Waals surface area contributed by atoms with Crippen molar-refractivity contribution in [3.8, 4) is 0 Å². The lowest BCUT2D eigenvalue weighted by molar-refractivity contribution is -0.350. The molecule has 2 saturated heterocycles. The summed E-state index contributed by atoms with van der Waals surface area (Å²) in [6, 6.07) is 8.33. The Morgan fingerprint density at radius 1 is 1.07 bits per heavy atom. The average Bonchev–Trinajstić information content (AvgIpc) is 3.69. The van der Waals surface area contributed by atoms with Crippen LogP contribution in [0.5, 0.6) is 0 Å². The van der Waals surface area contributed by atoms with Gasteiger partial charge in [-0.1, -0.05) is 39.0 Å². The van der Waals surface area contributed by atoms with E-state index in [1.165, 1.54) is 6.92 Å². The molecule has 40 heavy (non-hydrogen) atoms. The van der Waals surface area contributed by atoms with Crippen LogP contribution in [0.1, 0.15) is 57.8 Å². The molecule has 2 bridgehead atoms. The molecule has 10 heteroatoms. The van der Waals surface area contributed by atoms with Crippen LogP contribution in [0.2, 0.25) is 0 Å². The second-order valence-electron chi connectivity index (χ2n) is 13.0. The van der Waals surface area contributed by atoms with E-state index in [1.807, 2.05) is 0 Å². The van der Waals surface area contributed by atoms with Crippen LogP contribution in [-0.2, 0) is 23.7 Å². The maximum Gasteiger partial charge on any atom is 0.338 e. The minimum atomic E-state index is -1.96. The fourth-order valence-corrected chi connectivity index (χ4v) is 8.40. The van der Waals surface area contributed by atoms with Crippen molar-refractivity contribution in [3.05, 3.63) is 47.0 Å². The Kier molecular flexibility index (Phi) is 6.14. The third kappa shape index (κ3) is 3.50.